The minimum Gasteiger partial charge on any atom is -0.381 e. The molecule has 0 aliphatic rings. The van der Waals surface area contributed by atoms with Gasteiger partial charge in [0.25, 0.3) is 0 Å². The van der Waals surface area contributed by atoms with Crippen molar-refractivity contribution in [3.63, 3.8) is 0 Å². The van der Waals surface area contributed by atoms with Gasteiger partial charge in [0, 0.05) is 25.1 Å². The van der Waals surface area contributed by atoms with Crippen molar-refractivity contribution in [2.75, 3.05) is 20.3 Å². The molecule has 1 rings (SSSR count). The minimum absolute atomic E-state index is 0.000370. The molecule has 0 amide bonds. The molecule has 1 unspecified atom stereocenters. The fourth-order valence-corrected chi connectivity index (χ4v) is 1.44. The third-order valence-corrected chi connectivity index (χ3v) is 2.23. The van der Waals surface area contributed by atoms with Gasteiger partial charge in [0.1, 0.15) is 6.33 Å². The lowest BCUT2D eigenvalue weighted by Gasteiger charge is -2.23. The monoisotopic (exact) mass is 213 g/mol. The number of alkyl halides is 1. The van der Waals surface area contributed by atoms with Crippen LogP contribution in [0.1, 0.15) is 18.4 Å². The van der Waals surface area contributed by atoms with Crippen LogP contribution in [0.25, 0.3) is 0 Å². The molecule has 0 radical (unpaired) electrons. The average Bonchev–Trinajstić information content (AvgIpc) is 2.28. The molecule has 0 spiro atoms. The molecule has 15 heavy (non-hydrogen) atoms. The van der Waals surface area contributed by atoms with Crippen molar-refractivity contribution in [3.05, 3.63) is 24.3 Å². The highest BCUT2D eigenvalue weighted by atomic mass is 19.1. The van der Waals surface area contributed by atoms with Crippen molar-refractivity contribution in [3.8, 4) is 0 Å². The third-order valence-electron chi connectivity index (χ3n) is 2.23. The molecule has 0 saturated carbocycles. The van der Waals surface area contributed by atoms with Crippen LogP contribution in [0.4, 0.5) is 4.39 Å². The van der Waals surface area contributed by atoms with E-state index in [0.717, 1.165) is 0 Å². The Balaban J connectivity index is 2.80. The molecule has 1 heterocycles. The van der Waals surface area contributed by atoms with Gasteiger partial charge in [0.05, 0.1) is 6.61 Å². The van der Waals surface area contributed by atoms with Crippen LogP contribution in [-0.4, -0.2) is 30.2 Å². The van der Waals surface area contributed by atoms with E-state index < -0.39 is 5.67 Å². The fourth-order valence-electron chi connectivity index (χ4n) is 1.44. The molecule has 0 fully saturated rings. The molecule has 5 heteroatoms. The molecule has 1 aromatic heterocycles. The maximum atomic E-state index is 14.5. The Morgan fingerprint density at radius 3 is 2.67 bits per heavy atom. The predicted molar refractivity (Wildman–Crippen MR) is 55.0 cm³/mol. The summed E-state index contributed by atoms with van der Waals surface area (Å²) in [6.45, 7) is 0.462. The molecule has 1 atom stereocenters. The van der Waals surface area contributed by atoms with Gasteiger partial charge in [0.2, 0.25) is 0 Å². The molecule has 0 saturated heterocycles. The zero-order chi connectivity index (χ0) is 11.1. The van der Waals surface area contributed by atoms with Crippen LogP contribution < -0.4 is 5.73 Å². The van der Waals surface area contributed by atoms with E-state index in [2.05, 4.69) is 9.97 Å². The van der Waals surface area contributed by atoms with E-state index in [1.807, 2.05) is 0 Å². The van der Waals surface area contributed by atoms with Gasteiger partial charge in [0.15, 0.2) is 5.67 Å². The van der Waals surface area contributed by atoms with E-state index in [0.29, 0.717) is 24.9 Å². The number of rotatable bonds is 6. The van der Waals surface area contributed by atoms with Gasteiger partial charge < -0.3 is 10.5 Å². The summed E-state index contributed by atoms with van der Waals surface area (Å²) < 4.78 is 19.3. The van der Waals surface area contributed by atoms with Gasteiger partial charge in [-0.15, -0.1) is 0 Å². The molecule has 84 valence electrons. The van der Waals surface area contributed by atoms with Crippen LogP contribution in [0.2, 0.25) is 0 Å². The van der Waals surface area contributed by atoms with Crippen LogP contribution >= 0.6 is 0 Å². The molecular weight excluding hydrogens is 197 g/mol. The Hall–Kier alpha value is -1.07. The highest BCUT2D eigenvalue weighted by Crippen LogP contribution is 2.30. The molecule has 4 nitrogen and oxygen atoms in total. The van der Waals surface area contributed by atoms with Crippen LogP contribution in [0, 0.1) is 0 Å². The van der Waals surface area contributed by atoms with Crippen molar-refractivity contribution >= 4 is 0 Å². The number of halogens is 1. The van der Waals surface area contributed by atoms with Crippen molar-refractivity contribution < 1.29 is 9.13 Å². The molecule has 1 aromatic rings. The third kappa shape index (κ3) is 3.21. The highest BCUT2D eigenvalue weighted by Gasteiger charge is 2.32. The number of nitrogens with two attached hydrogens (primary N) is 1. The molecule has 2 N–H and O–H groups in total. The summed E-state index contributed by atoms with van der Waals surface area (Å²) in [6.07, 6.45) is 5.25. The summed E-state index contributed by atoms with van der Waals surface area (Å²) in [5.41, 5.74) is 4.28. The number of ether oxygens (including phenoxy) is 1. The average molecular weight is 213 g/mol. The maximum absolute atomic E-state index is 14.5. The van der Waals surface area contributed by atoms with Gasteiger partial charge in [-0.2, -0.15) is 0 Å². The van der Waals surface area contributed by atoms with Crippen molar-refractivity contribution in [1.29, 1.82) is 0 Å². The molecule has 0 bridgehead atoms. The predicted octanol–water partition coefficient (Wildman–Crippen LogP) is 1.03. The first-order valence-corrected chi connectivity index (χ1v) is 4.86. The first-order chi connectivity index (χ1) is 7.23. The number of methoxy groups -OCH3 is 1. The van der Waals surface area contributed by atoms with Gasteiger partial charge in [-0.1, -0.05) is 0 Å². The summed E-state index contributed by atoms with van der Waals surface area (Å²) in [5.74, 6) is 0. The quantitative estimate of drug-likeness (QED) is 0.766. The fraction of sp³-hybridized carbons (Fsp3) is 0.600. The number of hydrogen-bond acceptors (Lipinski definition) is 4. The van der Waals surface area contributed by atoms with Crippen molar-refractivity contribution in [2.24, 2.45) is 5.73 Å². The van der Waals surface area contributed by atoms with Gasteiger partial charge in [-0.25, -0.2) is 14.4 Å². The summed E-state index contributed by atoms with van der Waals surface area (Å²) in [7, 11) is 1.47. The van der Waals surface area contributed by atoms with Gasteiger partial charge in [-0.3, -0.25) is 0 Å². The van der Waals surface area contributed by atoms with E-state index in [-0.39, 0.29) is 6.61 Å². The zero-order valence-corrected chi connectivity index (χ0v) is 8.82. The number of aromatic nitrogens is 2. The molecular formula is C10H16FN3O. The van der Waals surface area contributed by atoms with Crippen LogP contribution in [-0.2, 0) is 10.4 Å². The molecule has 0 aliphatic carbocycles. The standard InChI is InChI=1S/C10H16FN3O/c1-15-7-10(11,3-2-4-12)9-5-13-8-14-6-9/h5-6,8H,2-4,7,12H2,1H3. The Morgan fingerprint density at radius 1 is 1.47 bits per heavy atom. The van der Waals surface area contributed by atoms with E-state index in [1.54, 1.807) is 0 Å². The highest BCUT2D eigenvalue weighted by molar-refractivity contribution is 5.14. The lowest BCUT2D eigenvalue weighted by Crippen LogP contribution is -2.27. The Bertz CT molecular complexity index is 283. The first kappa shape index (κ1) is 12.0. The van der Waals surface area contributed by atoms with Crippen molar-refractivity contribution in [2.45, 2.75) is 18.5 Å². The summed E-state index contributed by atoms with van der Waals surface area (Å²) in [4.78, 5) is 7.61. The largest absolute Gasteiger partial charge is 0.381 e. The summed E-state index contributed by atoms with van der Waals surface area (Å²) >= 11 is 0. The van der Waals surface area contributed by atoms with Gasteiger partial charge >= 0.3 is 0 Å². The Morgan fingerprint density at radius 2 is 2.13 bits per heavy atom. The minimum atomic E-state index is -1.53. The lowest BCUT2D eigenvalue weighted by molar-refractivity contribution is 0.0298. The van der Waals surface area contributed by atoms with Crippen LogP contribution in [0.3, 0.4) is 0 Å². The van der Waals surface area contributed by atoms with Crippen LogP contribution in [0.5, 0.6) is 0 Å². The molecule has 0 aromatic carbocycles. The van der Waals surface area contributed by atoms with Crippen LogP contribution in [0.15, 0.2) is 18.7 Å². The number of nitrogens with zero attached hydrogens (tertiary/aromatic N) is 2. The first-order valence-electron chi connectivity index (χ1n) is 4.86. The normalized spacial score (nSPS) is 14.9. The summed E-state index contributed by atoms with van der Waals surface area (Å²) in [5, 5.41) is 0. The second-order valence-corrected chi connectivity index (χ2v) is 3.42. The second kappa shape index (κ2) is 5.72. The number of hydrogen-bond donors (Lipinski definition) is 1. The second-order valence-electron chi connectivity index (χ2n) is 3.42. The van der Waals surface area contributed by atoms with E-state index >= 15 is 0 Å². The zero-order valence-electron chi connectivity index (χ0n) is 8.82. The molecule has 0 aliphatic heterocycles. The topological polar surface area (TPSA) is 61.0 Å². The SMILES string of the molecule is COCC(F)(CCCN)c1cncnc1. The Labute approximate surface area is 88.7 Å². The maximum Gasteiger partial charge on any atom is 0.162 e. The van der Waals surface area contributed by atoms with E-state index in [1.165, 1.54) is 25.8 Å². The Kier molecular flexibility index (Phi) is 4.58. The van der Waals surface area contributed by atoms with Crippen molar-refractivity contribution in [1.82, 2.24) is 9.97 Å². The summed E-state index contributed by atoms with van der Waals surface area (Å²) in [6, 6.07) is 0. The van der Waals surface area contributed by atoms with E-state index in [4.69, 9.17) is 10.5 Å². The smallest absolute Gasteiger partial charge is 0.162 e. The lowest BCUT2D eigenvalue weighted by atomic mass is 9.94. The van der Waals surface area contributed by atoms with Gasteiger partial charge in [-0.05, 0) is 19.4 Å². The van der Waals surface area contributed by atoms with E-state index in [9.17, 15) is 4.39 Å².